The van der Waals surface area contributed by atoms with E-state index in [1.54, 1.807) is 25.1 Å². The first-order chi connectivity index (χ1) is 10.5. The van der Waals surface area contributed by atoms with Gasteiger partial charge in [-0.1, -0.05) is 12.1 Å². The molecule has 2 rings (SSSR count). The van der Waals surface area contributed by atoms with E-state index in [1.165, 1.54) is 25.3 Å². The Morgan fingerprint density at radius 3 is 2.64 bits per heavy atom. The minimum absolute atomic E-state index is 0.333. The fourth-order valence-corrected chi connectivity index (χ4v) is 2.24. The van der Waals surface area contributed by atoms with Crippen LogP contribution in [-0.2, 0) is 4.79 Å². The summed E-state index contributed by atoms with van der Waals surface area (Å²) in [7, 11) is 1.53. The zero-order valence-corrected chi connectivity index (χ0v) is 13.7. The number of rotatable bonds is 5. The lowest BCUT2D eigenvalue weighted by Crippen LogP contribution is -2.30. The monoisotopic (exact) mass is 367 g/mol. The first-order valence-electron chi connectivity index (χ1n) is 6.57. The van der Waals surface area contributed by atoms with Gasteiger partial charge in [0.2, 0.25) is 0 Å². The average Bonchev–Trinajstić information content (AvgIpc) is 2.50. The summed E-state index contributed by atoms with van der Waals surface area (Å²) in [6.45, 7) is 1.61. The number of methoxy groups -OCH3 is 1. The lowest BCUT2D eigenvalue weighted by Gasteiger charge is -2.16. The molecule has 116 valence electrons. The summed E-state index contributed by atoms with van der Waals surface area (Å²) in [6, 6.07) is 11.1. The van der Waals surface area contributed by atoms with Crippen LogP contribution in [-0.4, -0.2) is 19.1 Å². The molecule has 0 fully saturated rings. The molecular weight excluding hydrogens is 353 g/mol. The number of anilines is 1. The van der Waals surface area contributed by atoms with E-state index in [9.17, 15) is 9.18 Å². The average molecular weight is 368 g/mol. The Morgan fingerprint density at radius 1 is 1.23 bits per heavy atom. The fourth-order valence-electron chi connectivity index (χ4n) is 1.80. The molecule has 0 aliphatic carbocycles. The van der Waals surface area contributed by atoms with E-state index in [-0.39, 0.29) is 11.7 Å². The smallest absolute Gasteiger partial charge is 0.265 e. The summed E-state index contributed by atoms with van der Waals surface area (Å²) >= 11 is 3.20. The molecule has 1 amide bonds. The number of nitrogens with one attached hydrogen (secondary N) is 1. The number of carbonyl (C=O) groups is 1. The van der Waals surface area contributed by atoms with Crippen molar-refractivity contribution < 1.29 is 18.7 Å². The van der Waals surface area contributed by atoms with E-state index in [0.717, 1.165) is 0 Å². The number of para-hydroxylation sites is 2. The van der Waals surface area contributed by atoms with E-state index in [4.69, 9.17) is 9.47 Å². The molecule has 0 unspecified atom stereocenters. The van der Waals surface area contributed by atoms with Crippen molar-refractivity contribution in [1.29, 1.82) is 0 Å². The summed E-state index contributed by atoms with van der Waals surface area (Å²) in [6.07, 6.45) is -0.758. The number of ether oxygens (including phenoxy) is 2. The summed E-state index contributed by atoms with van der Waals surface area (Å²) < 4.78 is 24.2. The molecular formula is C16H15BrFNO3. The van der Waals surface area contributed by atoms with Crippen molar-refractivity contribution in [2.45, 2.75) is 13.0 Å². The van der Waals surface area contributed by atoms with Crippen LogP contribution in [0.25, 0.3) is 0 Å². The van der Waals surface area contributed by atoms with Crippen LogP contribution in [0.3, 0.4) is 0 Å². The second-order valence-corrected chi connectivity index (χ2v) is 5.38. The molecule has 0 aromatic heterocycles. The van der Waals surface area contributed by atoms with Gasteiger partial charge in [0, 0.05) is 0 Å². The zero-order valence-electron chi connectivity index (χ0n) is 12.1. The Hall–Kier alpha value is -2.08. The molecule has 6 heteroatoms. The van der Waals surface area contributed by atoms with Crippen LogP contribution < -0.4 is 14.8 Å². The Kier molecular flexibility index (Phi) is 5.38. The first kappa shape index (κ1) is 16.3. The Balaban J connectivity index is 2.06. The third-order valence-corrected chi connectivity index (χ3v) is 3.55. The van der Waals surface area contributed by atoms with Crippen molar-refractivity contribution in [2.24, 2.45) is 0 Å². The molecule has 0 aliphatic heterocycles. The van der Waals surface area contributed by atoms with Crippen molar-refractivity contribution in [1.82, 2.24) is 0 Å². The van der Waals surface area contributed by atoms with Gasteiger partial charge < -0.3 is 14.8 Å². The maximum Gasteiger partial charge on any atom is 0.265 e. The Bertz CT molecular complexity index is 678. The number of hydrogen-bond acceptors (Lipinski definition) is 3. The molecule has 2 aromatic carbocycles. The molecule has 1 N–H and O–H groups in total. The van der Waals surface area contributed by atoms with Crippen LogP contribution in [0.5, 0.6) is 11.5 Å². The van der Waals surface area contributed by atoms with Gasteiger partial charge in [-0.05, 0) is 53.2 Å². The van der Waals surface area contributed by atoms with Gasteiger partial charge in [-0.3, -0.25) is 4.79 Å². The maximum absolute atomic E-state index is 13.0. The van der Waals surface area contributed by atoms with E-state index in [2.05, 4.69) is 21.2 Å². The highest BCUT2D eigenvalue weighted by Gasteiger charge is 2.17. The lowest BCUT2D eigenvalue weighted by molar-refractivity contribution is -0.122. The first-order valence-corrected chi connectivity index (χ1v) is 7.36. The van der Waals surface area contributed by atoms with E-state index < -0.39 is 6.10 Å². The van der Waals surface area contributed by atoms with E-state index in [0.29, 0.717) is 21.7 Å². The minimum Gasteiger partial charge on any atom is -0.495 e. The Morgan fingerprint density at radius 2 is 1.95 bits per heavy atom. The number of halogens is 2. The van der Waals surface area contributed by atoms with Gasteiger partial charge in [-0.25, -0.2) is 4.39 Å². The number of hydrogen-bond donors (Lipinski definition) is 1. The SMILES string of the molecule is COc1ccccc1NC(=O)[C@@H](C)Oc1ccc(F)cc1Br. The van der Waals surface area contributed by atoms with Gasteiger partial charge in [0.25, 0.3) is 5.91 Å². The Labute approximate surface area is 136 Å². The minimum atomic E-state index is -0.758. The molecule has 0 saturated carbocycles. The van der Waals surface area contributed by atoms with E-state index in [1.807, 2.05) is 6.07 Å². The number of carbonyl (C=O) groups excluding carboxylic acids is 1. The van der Waals surface area contributed by atoms with Crippen LogP contribution in [0, 0.1) is 5.82 Å². The van der Waals surface area contributed by atoms with Gasteiger partial charge in [-0.15, -0.1) is 0 Å². The second-order valence-electron chi connectivity index (χ2n) is 4.52. The van der Waals surface area contributed by atoms with Gasteiger partial charge in [-0.2, -0.15) is 0 Å². The number of amides is 1. The molecule has 4 nitrogen and oxygen atoms in total. The standard InChI is InChI=1S/C16H15BrFNO3/c1-10(22-14-8-7-11(18)9-12(14)17)16(20)19-13-5-3-4-6-15(13)21-2/h3-10H,1-2H3,(H,19,20)/t10-/m1/s1. The largest absolute Gasteiger partial charge is 0.495 e. The summed E-state index contributed by atoms with van der Waals surface area (Å²) in [5, 5.41) is 2.73. The van der Waals surface area contributed by atoms with Crippen molar-refractivity contribution in [3.05, 3.63) is 52.8 Å². The van der Waals surface area contributed by atoms with Crippen molar-refractivity contribution in [2.75, 3.05) is 12.4 Å². The van der Waals surface area contributed by atoms with Crippen LogP contribution in [0.4, 0.5) is 10.1 Å². The summed E-state index contributed by atoms with van der Waals surface area (Å²) in [4.78, 5) is 12.2. The van der Waals surface area contributed by atoms with Crippen LogP contribution in [0.2, 0.25) is 0 Å². The van der Waals surface area contributed by atoms with Gasteiger partial charge in [0.05, 0.1) is 17.3 Å². The molecule has 0 radical (unpaired) electrons. The van der Waals surface area contributed by atoms with Crippen molar-refractivity contribution in [3.63, 3.8) is 0 Å². The molecule has 0 bridgehead atoms. The zero-order chi connectivity index (χ0) is 16.1. The van der Waals surface area contributed by atoms with Gasteiger partial charge in [0.1, 0.15) is 17.3 Å². The molecule has 0 aliphatic rings. The highest BCUT2D eigenvalue weighted by Crippen LogP contribution is 2.27. The highest BCUT2D eigenvalue weighted by atomic mass is 79.9. The maximum atomic E-state index is 13.0. The molecule has 1 atom stereocenters. The molecule has 2 aromatic rings. The van der Waals surface area contributed by atoms with Crippen molar-refractivity contribution >= 4 is 27.5 Å². The quantitative estimate of drug-likeness (QED) is 0.868. The predicted octanol–water partition coefficient (Wildman–Crippen LogP) is 4.00. The predicted molar refractivity (Wildman–Crippen MR) is 85.8 cm³/mol. The summed E-state index contributed by atoms with van der Waals surface area (Å²) in [5.74, 6) is 0.237. The van der Waals surface area contributed by atoms with E-state index >= 15 is 0 Å². The third-order valence-electron chi connectivity index (χ3n) is 2.93. The molecule has 0 spiro atoms. The summed E-state index contributed by atoms with van der Waals surface area (Å²) in [5.41, 5.74) is 0.559. The van der Waals surface area contributed by atoms with Gasteiger partial charge >= 0.3 is 0 Å². The van der Waals surface area contributed by atoms with Gasteiger partial charge in [0.15, 0.2) is 6.10 Å². The molecule has 0 heterocycles. The van der Waals surface area contributed by atoms with Crippen LogP contribution in [0.1, 0.15) is 6.92 Å². The lowest BCUT2D eigenvalue weighted by atomic mass is 10.2. The fraction of sp³-hybridized carbons (Fsp3) is 0.188. The van der Waals surface area contributed by atoms with Crippen molar-refractivity contribution in [3.8, 4) is 11.5 Å². The molecule has 0 saturated heterocycles. The van der Waals surface area contributed by atoms with Crippen LogP contribution in [0.15, 0.2) is 46.9 Å². The number of benzene rings is 2. The van der Waals surface area contributed by atoms with Crippen LogP contribution >= 0.6 is 15.9 Å². The topological polar surface area (TPSA) is 47.6 Å². The highest BCUT2D eigenvalue weighted by molar-refractivity contribution is 9.10. The third kappa shape index (κ3) is 3.98. The second kappa shape index (κ2) is 7.26. The molecule has 22 heavy (non-hydrogen) atoms. The normalized spacial score (nSPS) is 11.6.